The van der Waals surface area contributed by atoms with Gasteiger partial charge in [0.1, 0.15) is 0 Å². The molecule has 1 aromatic heterocycles. The van der Waals surface area contributed by atoms with Gasteiger partial charge in [-0.25, -0.2) is 0 Å². The molecule has 0 aliphatic heterocycles. The zero-order valence-corrected chi connectivity index (χ0v) is 10.8. The molecule has 2 aromatic rings. The highest BCUT2D eigenvalue weighted by Gasteiger charge is 2.17. The van der Waals surface area contributed by atoms with E-state index in [-0.39, 0.29) is 11.8 Å². The fourth-order valence-electron chi connectivity index (χ4n) is 1.56. The topological polar surface area (TPSA) is 94.0 Å². The van der Waals surface area contributed by atoms with Gasteiger partial charge in [0.05, 0.1) is 6.04 Å². The fraction of sp³-hybridized carbons (Fsp3) is 0.308. The Kier molecular flexibility index (Phi) is 3.91. The molecule has 100 valence electrons. The van der Waals surface area contributed by atoms with Crippen molar-refractivity contribution in [3.8, 4) is 11.5 Å². The minimum Gasteiger partial charge on any atom is -0.423 e. The minimum absolute atomic E-state index is 0.0825. The van der Waals surface area contributed by atoms with Crippen molar-refractivity contribution in [1.82, 2.24) is 10.2 Å². The summed E-state index contributed by atoms with van der Waals surface area (Å²) in [5.41, 5.74) is 7.18. The molecule has 0 saturated carbocycles. The Labute approximate surface area is 111 Å². The summed E-state index contributed by atoms with van der Waals surface area (Å²) >= 11 is 0. The van der Waals surface area contributed by atoms with Gasteiger partial charge in [0.15, 0.2) is 0 Å². The first-order valence-corrected chi connectivity index (χ1v) is 6.01. The Bertz CT molecular complexity index is 552. The molecule has 0 fully saturated rings. The number of nitrogens with one attached hydrogen (secondary N) is 1. The first kappa shape index (κ1) is 13.2. The number of amides is 1. The van der Waals surface area contributed by atoms with E-state index in [1.54, 1.807) is 18.2 Å². The van der Waals surface area contributed by atoms with Crippen molar-refractivity contribution in [3.63, 3.8) is 0 Å². The minimum atomic E-state index is -0.535. The van der Waals surface area contributed by atoms with Gasteiger partial charge in [-0.1, -0.05) is 19.9 Å². The van der Waals surface area contributed by atoms with Crippen molar-refractivity contribution in [2.45, 2.75) is 19.9 Å². The van der Waals surface area contributed by atoms with E-state index in [1.165, 1.54) is 6.39 Å². The zero-order valence-electron chi connectivity index (χ0n) is 10.8. The second-order valence-corrected chi connectivity index (χ2v) is 4.58. The van der Waals surface area contributed by atoms with Crippen molar-refractivity contribution in [2.24, 2.45) is 11.7 Å². The highest BCUT2D eigenvalue weighted by atomic mass is 16.4. The maximum atomic E-state index is 11.9. The van der Waals surface area contributed by atoms with Crippen LogP contribution < -0.4 is 11.1 Å². The highest BCUT2D eigenvalue weighted by Crippen LogP contribution is 2.20. The van der Waals surface area contributed by atoms with Crippen LogP contribution >= 0.6 is 0 Å². The second kappa shape index (κ2) is 5.62. The lowest BCUT2D eigenvalue weighted by atomic mass is 10.0. The van der Waals surface area contributed by atoms with Gasteiger partial charge in [-0.15, -0.1) is 10.2 Å². The molecule has 6 heteroatoms. The molecule has 6 nitrogen and oxygen atoms in total. The smallest absolute Gasteiger partial charge is 0.247 e. The molecule has 1 unspecified atom stereocenters. The van der Waals surface area contributed by atoms with Crippen molar-refractivity contribution in [3.05, 3.63) is 30.7 Å². The Morgan fingerprint density at radius 3 is 2.84 bits per heavy atom. The quantitative estimate of drug-likeness (QED) is 0.871. The molecular weight excluding hydrogens is 244 g/mol. The zero-order chi connectivity index (χ0) is 13.8. The first-order valence-electron chi connectivity index (χ1n) is 6.01. The summed E-state index contributed by atoms with van der Waals surface area (Å²) in [5, 5.41) is 10.2. The predicted octanol–water partition coefficient (Wildman–Crippen LogP) is 1.66. The SMILES string of the molecule is CC(C)C(N)C(=O)Nc1cccc(-c2nnco2)c1. The van der Waals surface area contributed by atoms with Crippen LogP contribution in [0.3, 0.4) is 0 Å². The summed E-state index contributed by atoms with van der Waals surface area (Å²) in [6.45, 7) is 3.80. The third-order valence-corrected chi connectivity index (χ3v) is 2.76. The molecule has 0 spiro atoms. The normalized spacial score (nSPS) is 12.4. The maximum absolute atomic E-state index is 11.9. The molecule has 0 saturated heterocycles. The van der Waals surface area contributed by atoms with Gasteiger partial charge >= 0.3 is 0 Å². The van der Waals surface area contributed by atoms with E-state index in [4.69, 9.17) is 10.2 Å². The van der Waals surface area contributed by atoms with E-state index in [2.05, 4.69) is 15.5 Å². The van der Waals surface area contributed by atoms with E-state index >= 15 is 0 Å². The molecule has 1 amide bonds. The van der Waals surface area contributed by atoms with Gasteiger partial charge in [0.2, 0.25) is 18.2 Å². The molecule has 0 bridgehead atoms. The molecule has 1 aromatic carbocycles. The van der Waals surface area contributed by atoms with E-state index < -0.39 is 6.04 Å². The first-order chi connectivity index (χ1) is 9.08. The summed E-state index contributed by atoms with van der Waals surface area (Å²) in [6, 6.07) is 6.64. The monoisotopic (exact) mass is 260 g/mol. The molecule has 1 heterocycles. The number of rotatable bonds is 4. The largest absolute Gasteiger partial charge is 0.423 e. The van der Waals surface area contributed by atoms with Crippen molar-refractivity contribution >= 4 is 11.6 Å². The summed E-state index contributed by atoms with van der Waals surface area (Å²) in [7, 11) is 0. The Hall–Kier alpha value is -2.21. The maximum Gasteiger partial charge on any atom is 0.247 e. The predicted molar refractivity (Wildman–Crippen MR) is 71.2 cm³/mol. The lowest BCUT2D eigenvalue weighted by Crippen LogP contribution is -2.39. The van der Waals surface area contributed by atoms with E-state index in [0.717, 1.165) is 5.56 Å². The fourth-order valence-corrected chi connectivity index (χ4v) is 1.56. The number of benzene rings is 1. The standard InChI is InChI=1S/C13H16N4O2/c1-8(2)11(14)12(18)16-10-5-3-4-9(6-10)13-17-15-7-19-13/h3-8,11H,14H2,1-2H3,(H,16,18). The average molecular weight is 260 g/mol. The van der Waals surface area contributed by atoms with Crippen molar-refractivity contribution < 1.29 is 9.21 Å². The van der Waals surface area contributed by atoms with Crippen LogP contribution in [0.2, 0.25) is 0 Å². The van der Waals surface area contributed by atoms with E-state index in [0.29, 0.717) is 11.6 Å². The van der Waals surface area contributed by atoms with Crippen LogP contribution in [-0.2, 0) is 4.79 Å². The van der Waals surface area contributed by atoms with E-state index in [9.17, 15) is 4.79 Å². The summed E-state index contributed by atoms with van der Waals surface area (Å²) in [6.07, 6.45) is 1.26. The van der Waals surface area contributed by atoms with Gasteiger partial charge < -0.3 is 15.5 Å². The number of nitrogens with two attached hydrogens (primary N) is 1. The van der Waals surface area contributed by atoms with Gasteiger partial charge in [-0.3, -0.25) is 4.79 Å². The number of aromatic nitrogens is 2. The van der Waals surface area contributed by atoms with Crippen LogP contribution in [0, 0.1) is 5.92 Å². The van der Waals surface area contributed by atoms with Crippen molar-refractivity contribution in [2.75, 3.05) is 5.32 Å². The molecule has 1 atom stereocenters. The summed E-state index contributed by atoms with van der Waals surface area (Å²) in [4.78, 5) is 11.9. The third-order valence-electron chi connectivity index (χ3n) is 2.76. The number of nitrogens with zero attached hydrogens (tertiary/aromatic N) is 2. The van der Waals surface area contributed by atoms with Crippen LogP contribution in [-0.4, -0.2) is 22.1 Å². The van der Waals surface area contributed by atoms with Gasteiger partial charge in [0, 0.05) is 11.3 Å². The van der Waals surface area contributed by atoms with Crippen LogP contribution in [0.25, 0.3) is 11.5 Å². The van der Waals surface area contributed by atoms with E-state index in [1.807, 2.05) is 19.9 Å². The summed E-state index contributed by atoms with van der Waals surface area (Å²) < 4.78 is 5.11. The Morgan fingerprint density at radius 2 is 2.21 bits per heavy atom. The molecular formula is C13H16N4O2. The molecule has 2 rings (SSSR count). The molecule has 0 radical (unpaired) electrons. The highest BCUT2D eigenvalue weighted by molar-refractivity contribution is 5.95. The average Bonchev–Trinajstić information content (AvgIpc) is 2.91. The number of carbonyl (C=O) groups is 1. The molecule has 0 aliphatic rings. The molecule has 19 heavy (non-hydrogen) atoms. The Balaban J connectivity index is 2.14. The van der Waals surface area contributed by atoms with Gasteiger partial charge in [-0.2, -0.15) is 0 Å². The lowest BCUT2D eigenvalue weighted by molar-refractivity contribution is -0.118. The second-order valence-electron chi connectivity index (χ2n) is 4.58. The van der Waals surface area contributed by atoms with Crippen LogP contribution in [0.15, 0.2) is 35.1 Å². The molecule has 3 N–H and O–H groups in total. The number of anilines is 1. The van der Waals surface area contributed by atoms with Crippen LogP contribution in [0.5, 0.6) is 0 Å². The van der Waals surface area contributed by atoms with Gasteiger partial charge in [-0.05, 0) is 24.1 Å². The number of carbonyl (C=O) groups excluding carboxylic acids is 1. The van der Waals surface area contributed by atoms with Gasteiger partial charge in [0.25, 0.3) is 0 Å². The van der Waals surface area contributed by atoms with Crippen LogP contribution in [0.1, 0.15) is 13.8 Å². The van der Waals surface area contributed by atoms with Crippen molar-refractivity contribution in [1.29, 1.82) is 0 Å². The third kappa shape index (κ3) is 3.17. The lowest BCUT2D eigenvalue weighted by Gasteiger charge is -2.15. The van der Waals surface area contributed by atoms with Crippen LogP contribution in [0.4, 0.5) is 5.69 Å². The molecule has 0 aliphatic carbocycles. The number of hydrogen-bond acceptors (Lipinski definition) is 5. The number of hydrogen-bond donors (Lipinski definition) is 2. The summed E-state index contributed by atoms with van der Waals surface area (Å²) in [5.74, 6) is 0.279. The Morgan fingerprint density at radius 1 is 1.42 bits per heavy atom.